The van der Waals surface area contributed by atoms with E-state index in [0.717, 1.165) is 0 Å². The van der Waals surface area contributed by atoms with Crippen LogP contribution in [0, 0.1) is 5.41 Å². The summed E-state index contributed by atoms with van der Waals surface area (Å²) in [5.41, 5.74) is 1.85. The third-order valence-electron chi connectivity index (χ3n) is 1.98. The van der Waals surface area contributed by atoms with Crippen molar-refractivity contribution >= 4 is 0 Å². The van der Waals surface area contributed by atoms with E-state index in [-0.39, 0.29) is 0 Å². The van der Waals surface area contributed by atoms with Gasteiger partial charge in [0.2, 0.25) is 0 Å². The molecule has 0 unspecified atom stereocenters. The van der Waals surface area contributed by atoms with E-state index in [1.54, 1.807) is 0 Å². The molecular formula is C12H23N. The van der Waals surface area contributed by atoms with E-state index in [1.165, 1.54) is 18.4 Å². The number of nitrogens with zero attached hydrogens (tertiary/aromatic N) is 1. The monoisotopic (exact) mass is 181 g/mol. The van der Waals surface area contributed by atoms with E-state index in [9.17, 15) is 0 Å². The van der Waals surface area contributed by atoms with Crippen LogP contribution < -0.4 is 0 Å². The van der Waals surface area contributed by atoms with Gasteiger partial charge in [-0.1, -0.05) is 32.9 Å². The molecule has 0 atom stereocenters. The zero-order valence-electron chi connectivity index (χ0n) is 9.72. The fourth-order valence-corrected chi connectivity index (χ4v) is 1.04. The second-order valence-electron chi connectivity index (χ2n) is 4.88. The lowest BCUT2D eigenvalue weighted by Gasteiger charge is -2.18. The van der Waals surface area contributed by atoms with Gasteiger partial charge in [0.25, 0.3) is 0 Å². The summed E-state index contributed by atoms with van der Waals surface area (Å²) >= 11 is 0. The van der Waals surface area contributed by atoms with Crippen molar-refractivity contribution in [1.82, 2.24) is 4.90 Å². The molecule has 0 aliphatic heterocycles. The van der Waals surface area contributed by atoms with Gasteiger partial charge in [0.1, 0.15) is 0 Å². The Bertz CT molecular complexity index is 184. The largest absolute Gasteiger partial charge is 0.358 e. The zero-order valence-corrected chi connectivity index (χ0v) is 9.72. The molecule has 1 nitrogen and oxygen atoms in total. The summed E-state index contributed by atoms with van der Waals surface area (Å²) in [7, 11) is 2.01. The van der Waals surface area contributed by atoms with E-state index in [4.69, 9.17) is 0 Å². The Labute approximate surface area is 83.1 Å². The summed E-state index contributed by atoms with van der Waals surface area (Å²) in [6.07, 6.45) is 6.36. The highest BCUT2D eigenvalue weighted by atomic mass is 15.0. The minimum absolute atomic E-state index is 0.432. The van der Waals surface area contributed by atoms with Crippen molar-refractivity contribution in [3.05, 3.63) is 24.6 Å². The van der Waals surface area contributed by atoms with Crippen LogP contribution in [0.3, 0.4) is 0 Å². The topological polar surface area (TPSA) is 3.24 Å². The molecule has 1 heteroatoms. The molecule has 0 aromatic heterocycles. The van der Waals surface area contributed by atoms with E-state index in [2.05, 4.69) is 40.5 Å². The van der Waals surface area contributed by atoms with Gasteiger partial charge >= 0.3 is 0 Å². The predicted molar refractivity (Wildman–Crippen MR) is 60.4 cm³/mol. The molecule has 0 N–H and O–H groups in total. The Morgan fingerprint density at radius 2 is 1.92 bits per heavy atom. The second kappa shape index (κ2) is 5.11. The molecule has 0 heterocycles. The van der Waals surface area contributed by atoms with Gasteiger partial charge in [0.05, 0.1) is 0 Å². The highest BCUT2D eigenvalue weighted by molar-refractivity contribution is 4.99. The smallest absolute Gasteiger partial charge is 0.0106 e. The third kappa shape index (κ3) is 7.63. The van der Waals surface area contributed by atoms with Gasteiger partial charge in [-0.15, -0.1) is 0 Å². The Balaban J connectivity index is 3.93. The van der Waals surface area contributed by atoms with E-state index < -0.39 is 0 Å². The molecule has 0 rings (SSSR count). The minimum atomic E-state index is 0.432. The highest BCUT2D eigenvalue weighted by Gasteiger charge is 2.09. The molecule has 0 aromatic carbocycles. The van der Waals surface area contributed by atoms with E-state index >= 15 is 0 Å². The molecule has 0 amide bonds. The van der Waals surface area contributed by atoms with E-state index in [1.807, 2.05) is 18.1 Å². The maximum Gasteiger partial charge on any atom is 0.0106 e. The molecule has 0 radical (unpaired) electrons. The van der Waals surface area contributed by atoms with Gasteiger partial charge in [-0.3, -0.25) is 0 Å². The summed E-state index contributed by atoms with van der Waals surface area (Å²) in [6, 6.07) is 0. The average Bonchev–Trinajstić information content (AvgIpc) is 1.99. The van der Waals surface area contributed by atoms with Gasteiger partial charge in [0.15, 0.2) is 0 Å². The van der Waals surface area contributed by atoms with E-state index in [0.29, 0.717) is 5.41 Å². The number of rotatable bonds is 4. The lowest BCUT2D eigenvalue weighted by Crippen LogP contribution is -2.06. The van der Waals surface area contributed by atoms with Crippen LogP contribution >= 0.6 is 0 Å². The van der Waals surface area contributed by atoms with Crippen LogP contribution in [0.5, 0.6) is 0 Å². The summed E-state index contributed by atoms with van der Waals surface area (Å²) in [4.78, 5) is 2.00. The Morgan fingerprint density at radius 3 is 2.31 bits per heavy atom. The van der Waals surface area contributed by atoms with Crippen molar-refractivity contribution < 1.29 is 0 Å². The first-order chi connectivity index (χ1) is 5.85. The molecule has 0 saturated carbocycles. The molecule has 0 saturated heterocycles. The molecule has 0 aliphatic rings. The third-order valence-corrected chi connectivity index (χ3v) is 1.98. The first-order valence-corrected chi connectivity index (χ1v) is 4.87. The van der Waals surface area contributed by atoms with Gasteiger partial charge in [0, 0.05) is 13.2 Å². The summed E-state index contributed by atoms with van der Waals surface area (Å²) < 4.78 is 0. The standard InChI is InChI=1S/C12H23N/c1-7-13(6)10-11(2)8-9-12(3,4)5/h7,10H,1,8-9H2,2-6H3/b11-10+. The zero-order chi connectivity index (χ0) is 10.5. The van der Waals surface area contributed by atoms with Crippen LogP contribution in [0.2, 0.25) is 0 Å². The maximum atomic E-state index is 3.70. The van der Waals surface area contributed by atoms with Crippen LogP contribution in [-0.4, -0.2) is 11.9 Å². The molecular weight excluding hydrogens is 158 g/mol. The molecule has 0 bridgehead atoms. The minimum Gasteiger partial charge on any atom is -0.358 e. The lowest BCUT2D eigenvalue weighted by molar-refractivity contribution is 0.376. The van der Waals surface area contributed by atoms with Crippen molar-refractivity contribution in [3.63, 3.8) is 0 Å². The van der Waals surface area contributed by atoms with Crippen LogP contribution in [0.25, 0.3) is 0 Å². The van der Waals surface area contributed by atoms with Crippen molar-refractivity contribution in [1.29, 1.82) is 0 Å². The number of hydrogen-bond acceptors (Lipinski definition) is 1. The van der Waals surface area contributed by atoms with Crippen molar-refractivity contribution in [3.8, 4) is 0 Å². The Hall–Kier alpha value is -0.720. The van der Waals surface area contributed by atoms with Gasteiger partial charge < -0.3 is 4.90 Å². The lowest BCUT2D eigenvalue weighted by atomic mass is 9.89. The van der Waals surface area contributed by atoms with Crippen LogP contribution in [0.1, 0.15) is 40.5 Å². The number of hydrogen-bond donors (Lipinski definition) is 0. The fourth-order valence-electron chi connectivity index (χ4n) is 1.04. The Kier molecular flexibility index (Phi) is 4.82. The summed E-state index contributed by atoms with van der Waals surface area (Å²) in [5.74, 6) is 0. The molecule has 0 aromatic rings. The summed E-state index contributed by atoms with van der Waals surface area (Å²) in [5, 5.41) is 0. The van der Waals surface area contributed by atoms with Gasteiger partial charge in [-0.2, -0.15) is 0 Å². The normalized spacial score (nSPS) is 12.8. The highest BCUT2D eigenvalue weighted by Crippen LogP contribution is 2.23. The maximum absolute atomic E-state index is 3.70. The molecule has 0 fully saturated rings. The van der Waals surface area contributed by atoms with Crippen LogP contribution in [0.15, 0.2) is 24.6 Å². The molecule has 13 heavy (non-hydrogen) atoms. The second-order valence-corrected chi connectivity index (χ2v) is 4.88. The molecule has 0 spiro atoms. The Morgan fingerprint density at radius 1 is 1.38 bits per heavy atom. The molecule has 0 aliphatic carbocycles. The van der Waals surface area contributed by atoms with Crippen molar-refractivity contribution in [2.45, 2.75) is 40.5 Å². The van der Waals surface area contributed by atoms with Gasteiger partial charge in [-0.25, -0.2) is 0 Å². The molecule has 76 valence electrons. The van der Waals surface area contributed by atoms with Gasteiger partial charge in [-0.05, 0) is 31.4 Å². The average molecular weight is 181 g/mol. The van der Waals surface area contributed by atoms with Crippen molar-refractivity contribution in [2.75, 3.05) is 7.05 Å². The van der Waals surface area contributed by atoms with Crippen molar-refractivity contribution in [2.24, 2.45) is 5.41 Å². The van der Waals surface area contributed by atoms with Crippen LogP contribution in [-0.2, 0) is 0 Å². The first kappa shape index (κ1) is 12.3. The predicted octanol–water partition coefficient (Wildman–Crippen LogP) is 3.79. The number of allylic oxidation sites excluding steroid dienone is 1. The van der Waals surface area contributed by atoms with Crippen LogP contribution in [0.4, 0.5) is 0 Å². The first-order valence-electron chi connectivity index (χ1n) is 4.87. The quantitative estimate of drug-likeness (QED) is 0.637. The summed E-state index contributed by atoms with van der Waals surface area (Å²) in [6.45, 7) is 12.7. The SMILES string of the molecule is C=CN(C)/C=C(\C)CCC(C)(C)C. The fraction of sp³-hybridized carbons (Fsp3) is 0.667.